The van der Waals surface area contributed by atoms with E-state index >= 15 is 0 Å². The summed E-state index contributed by atoms with van der Waals surface area (Å²) in [6.07, 6.45) is 2.61. The van der Waals surface area contributed by atoms with Crippen molar-refractivity contribution in [1.29, 1.82) is 0 Å². The van der Waals surface area contributed by atoms with Crippen LogP contribution in [-0.4, -0.2) is 30.3 Å². The first-order chi connectivity index (χ1) is 8.25. The second-order valence-electron chi connectivity index (χ2n) is 4.15. The van der Waals surface area contributed by atoms with Gasteiger partial charge in [0.2, 0.25) is 0 Å². The smallest absolute Gasteiger partial charge is 0.315 e. The molecule has 1 aliphatic rings. The SMILES string of the molecule is Cc1cccnc1CNC(=O)NC1CCOC1. The predicted molar refractivity (Wildman–Crippen MR) is 63.6 cm³/mol. The second-order valence-corrected chi connectivity index (χ2v) is 4.15. The number of nitrogens with one attached hydrogen (secondary N) is 2. The number of aryl methyl sites for hydroxylation is 1. The summed E-state index contributed by atoms with van der Waals surface area (Å²) in [5.74, 6) is 0. The van der Waals surface area contributed by atoms with Gasteiger partial charge < -0.3 is 15.4 Å². The van der Waals surface area contributed by atoms with Gasteiger partial charge in [0, 0.05) is 12.8 Å². The van der Waals surface area contributed by atoms with Gasteiger partial charge in [0.05, 0.1) is 24.9 Å². The van der Waals surface area contributed by atoms with Gasteiger partial charge in [0.25, 0.3) is 0 Å². The maximum absolute atomic E-state index is 11.6. The monoisotopic (exact) mass is 235 g/mol. The summed E-state index contributed by atoms with van der Waals surface area (Å²) in [5.41, 5.74) is 1.97. The third kappa shape index (κ3) is 3.42. The average Bonchev–Trinajstić information content (AvgIpc) is 2.81. The van der Waals surface area contributed by atoms with Crippen LogP contribution in [0.5, 0.6) is 0 Å². The van der Waals surface area contributed by atoms with E-state index in [-0.39, 0.29) is 12.1 Å². The van der Waals surface area contributed by atoms with Gasteiger partial charge in [-0.25, -0.2) is 4.79 Å². The molecule has 5 heteroatoms. The zero-order valence-electron chi connectivity index (χ0n) is 9.90. The highest BCUT2D eigenvalue weighted by Gasteiger charge is 2.17. The lowest BCUT2D eigenvalue weighted by Gasteiger charge is -2.12. The van der Waals surface area contributed by atoms with Crippen molar-refractivity contribution in [3.05, 3.63) is 29.6 Å². The van der Waals surface area contributed by atoms with Crippen molar-refractivity contribution >= 4 is 6.03 Å². The molecule has 2 heterocycles. The molecule has 2 N–H and O–H groups in total. The van der Waals surface area contributed by atoms with Crippen molar-refractivity contribution in [3.63, 3.8) is 0 Å². The molecule has 1 aliphatic heterocycles. The summed E-state index contributed by atoms with van der Waals surface area (Å²) in [6, 6.07) is 3.84. The second kappa shape index (κ2) is 5.63. The van der Waals surface area contributed by atoms with Gasteiger partial charge in [0.1, 0.15) is 0 Å². The number of urea groups is 1. The van der Waals surface area contributed by atoms with Gasteiger partial charge in [-0.05, 0) is 25.0 Å². The number of pyridine rings is 1. The van der Waals surface area contributed by atoms with Crippen molar-refractivity contribution in [2.75, 3.05) is 13.2 Å². The zero-order chi connectivity index (χ0) is 12.1. The molecule has 1 fully saturated rings. The molecule has 2 amide bonds. The third-order valence-corrected chi connectivity index (χ3v) is 2.80. The van der Waals surface area contributed by atoms with Gasteiger partial charge in [-0.2, -0.15) is 0 Å². The van der Waals surface area contributed by atoms with Crippen LogP contribution in [0.2, 0.25) is 0 Å². The van der Waals surface area contributed by atoms with E-state index in [2.05, 4.69) is 15.6 Å². The highest BCUT2D eigenvalue weighted by Crippen LogP contribution is 2.04. The van der Waals surface area contributed by atoms with E-state index in [1.165, 1.54) is 0 Å². The molecule has 0 aliphatic carbocycles. The van der Waals surface area contributed by atoms with Crippen LogP contribution in [-0.2, 0) is 11.3 Å². The molecule has 0 bridgehead atoms. The van der Waals surface area contributed by atoms with Gasteiger partial charge in [0.15, 0.2) is 0 Å². The molecule has 0 aromatic carbocycles. The van der Waals surface area contributed by atoms with Gasteiger partial charge in [-0.1, -0.05) is 6.07 Å². The van der Waals surface area contributed by atoms with Gasteiger partial charge in [-0.3, -0.25) is 4.98 Å². The zero-order valence-corrected chi connectivity index (χ0v) is 9.90. The van der Waals surface area contributed by atoms with E-state index in [0.29, 0.717) is 13.2 Å². The van der Waals surface area contributed by atoms with E-state index in [1.807, 2.05) is 19.1 Å². The molecule has 1 aromatic heterocycles. The predicted octanol–water partition coefficient (Wildman–Crippen LogP) is 0.978. The Hall–Kier alpha value is -1.62. The molecule has 1 saturated heterocycles. The van der Waals surface area contributed by atoms with Gasteiger partial charge in [-0.15, -0.1) is 0 Å². The first-order valence-corrected chi connectivity index (χ1v) is 5.78. The van der Waals surface area contributed by atoms with Gasteiger partial charge >= 0.3 is 6.03 Å². The summed E-state index contributed by atoms with van der Waals surface area (Å²) in [6.45, 7) is 3.76. The standard InChI is InChI=1S/C12H17N3O2/c1-9-3-2-5-13-11(9)7-14-12(16)15-10-4-6-17-8-10/h2-3,5,10H,4,6-8H2,1H3,(H2,14,15,16). The largest absolute Gasteiger partial charge is 0.379 e. The summed E-state index contributed by atoms with van der Waals surface area (Å²) in [7, 11) is 0. The number of rotatable bonds is 3. The van der Waals surface area contributed by atoms with Crippen LogP contribution in [0.4, 0.5) is 4.79 Å². The fourth-order valence-electron chi connectivity index (χ4n) is 1.75. The number of hydrogen-bond acceptors (Lipinski definition) is 3. The number of hydrogen-bond donors (Lipinski definition) is 2. The first kappa shape index (κ1) is 11.9. The normalized spacial score (nSPS) is 19.0. The topological polar surface area (TPSA) is 63.2 Å². The molecule has 2 rings (SSSR count). The maximum atomic E-state index is 11.6. The van der Waals surface area contributed by atoms with Crippen molar-refractivity contribution < 1.29 is 9.53 Å². The lowest BCUT2D eigenvalue weighted by Crippen LogP contribution is -2.42. The van der Waals surface area contributed by atoms with E-state index in [0.717, 1.165) is 24.3 Å². The summed E-state index contributed by atoms with van der Waals surface area (Å²) in [5, 5.41) is 5.66. The van der Waals surface area contributed by atoms with E-state index in [9.17, 15) is 4.79 Å². The molecule has 0 radical (unpaired) electrons. The molecule has 92 valence electrons. The third-order valence-electron chi connectivity index (χ3n) is 2.80. The average molecular weight is 235 g/mol. The number of carbonyl (C=O) groups is 1. The number of amides is 2. The van der Waals surface area contributed by atoms with Crippen molar-refractivity contribution in [3.8, 4) is 0 Å². The van der Waals surface area contributed by atoms with Crippen molar-refractivity contribution in [2.45, 2.75) is 25.9 Å². The highest BCUT2D eigenvalue weighted by atomic mass is 16.5. The molecule has 1 atom stereocenters. The highest BCUT2D eigenvalue weighted by molar-refractivity contribution is 5.74. The Morgan fingerprint density at radius 3 is 3.24 bits per heavy atom. The molecule has 1 unspecified atom stereocenters. The Bertz CT molecular complexity index is 389. The Morgan fingerprint density at radius 1 is 1.65 bits per heavy atom. The molecule has 1 aromatic rings. The first-order valence-electron chi connectivity index (χ1n) is 5.78. The lowest BCUT2D eigenvalue weighted by atomic mass is 10.2. The quantitative estimate of drug-likeness (QED) is 0.820. The van der Waals surface area contributed by atoms with Crippen LogP contribution in [0.15, 0.2) is 18.3 Å². The molecule has 5 nitrogen and oxygen atoms in total. The van der Waals surface area contributed by atoms with E-state index < -0.39 is 0 Å². The molecule has 0 spiro atoms. The minimum absolute atomic E-state index is 0.139. The van der Waals surface area contributed by atoms with Crippen LogP contribution in [0, 0.1) is 6.92 Å². The Morgan fingerprint density at radius 2 is 2.53 bits per heavy atom. The Labute approximate surface area is 101 Å². The van der Waals surface area contributed by atoms with Crippen LogP contribution in [0.1, 0.15) is 17.7 Å². The van der Waals surface area contributed by atoms with E-state index in [1.54, 1.807) is 6.20 Å². The Kier molecular flexibility index (Phi) is 3.93. The molecule has 17 heavy (non-hydrogen) atoms. The molecule has 0 saturated carbocycles. The summed E-state index contributed by atoms with van der Waals surface area (Å²) < 4.78 is 5.19. The summed E-state index contributed by atoms with van der Waals surface area (Å²) >= 11 is 0. The number of aromatic nitrogens is 1. The van der Waals surface area contributed by atoms with E-state index in [4.69, 9.17) is 4.74 Å². The van der Waals surface area contributed by atoms with Crippen molar-refractivity contribution in [2.24, 2.45) is 0 Å². The fraction of sp³-hybridized carbons (Fsp3) is 0.500. The van der Waals surface area contributed by atoms with Crippen LogP contribution < -0.4 is 10.6 Å². The van der Waals surface area contributed by atoms with Crippen molar-refractivity contribution in [1.82, 2.24) is 15.6 Å². The Balaban J connectivity index is 1.77. The maximum Gasteiger partial charge on any atom is 0.315 e. The minimum Gasteiger partial charge on any atom is -0.379 e. The van der Waals surface area contributed by atoms with Crippen LogP contribution in [0.25, 0.3) is 0 Å². The molecular weight excluding hydrogens is 218 g/mol. The van der Waals surface area contributed by atoms with Crippen LogP contribution >= 0.6 is 0 Å². The number of ether oxygens (including phenoxy) is 1. The minimum atomic E-state index is -0.162. The lowest BCUT2D eigenvalue weighted by molar-refractivity contribution is 0.188. The number of nitrogens with zero attached hydrogens (tertiary/aromatic N) is 1. The molecular formula is C12H17N3O2. The number of carbonyl (C=O) groups excluding carboxylic acids is 1. The van der Waals surface area contributed by atoms with Crippen LogP contribution in [0.3, 0.4) is 0 Å². The summed E-state index contributed by atoms with van der Waals surface area (Å²) in [4.78, 5) is 15.8. The fourth-order valence-corrected chi connectivity index (χ4v) is 1.75.